The predicted molar refractivity (Wildman–Crippen MR) is 160 cm³/mol. The Morgan fingerprint density at radius 2 is 1.24 bits per heavy atom. The van der Waals surface area contributed by atoms with Crippen molar-refractivity contribution in [2.45, 2.75) is 44.3 Å². The number of fused-ring (bicyclic) bond motifs is 3. The molecule has 5 rings (SSSR count). The monoisotopic (exact) mass is 548 g/mol. The summed E-state index contributed by atoms with van der Waals surface area (Å²) >= 11 is 0. The zero-order chi connectivity index (χ0) is 28.4. The van der Waals surface area contributed by atoms with Crippen LogP contribution in [0, 0.1) is 0 Å². The van der Waals surface area contributed by atoms with Crippen LogP contribution in [0.25, 0.3) is 11.1 Å². The first-order valence-corrected chi connectivity index (χ1v) is 14.2. The van der Waals surface area contributed by atoms with Crippen molar-refractivity contribution in [3.8, 4) is 11.1 Å². The van der Waals surface area contributed by atoms with Gasteiger partial charge in [-0.2, -0.15) is 0 Å². The third kappa shape index (κ3) is 7.41. The van der Waals surface area contributed by atoms with Crippen molar-refractivity contribution in [2.75, 3.05) is 13.2 Å². The van der Waals surface area contributed by atoms with Crippen LogP contribution in [0.1, 0.15) is 47.4 Å². The molecule has 6 nitrogen and oxygen atoms in total. The zero-order valence-corrected chi connectivity index (χ0v) is 23.1. The number of unbranched alkanes of at least 4 members (excludes halogenated alkanes) is 1. The molecular weight excluding hydrogens is 512 g/mol. The number of carboxylic acids is 1. The molecule has 0 aromatic heterocycles. The Morgan fingerprint density at radius 3 is 1.78 bits per heavy atom. The number of alkyl carbamates (subject to hydrolysis) is 1. The normalized spacial score (nSPS) is 12.9. The van der Waals surface area contributed by atoms with E-state index in [0.717, 1.165) is 48.3 Å². The molecule has 2 N–H and O–H groups in total. The minimum Gasteiger partial charge on any atom is -0.480 e. The molecule has 41 heavy (non-hydrogen) atoms. The topological polar surface area (TPSA) is 78.9 Å². The quantitative estimate of drug-likeness (QED) is 0.179. The predicted octanol–water partition coefficient (Wildman–Crippen LogP) is 6.85. The lowest BCUT2D eigenvalue weighted by atomic mass is 9.98. The first kappa shape index (κ1) is 28.1. The van der Waals surface area contributed by atoms with Gasteiger partial charge in [0.1, 0.15) is 12.6 Å². The molecule has 0 heterocycles. The largest absolute Gasteiger partial charge is 0.480 e. The van der Waals surface area contributed by atoms with Crippen LogP contribution < -0.4 is 5.32 Å². The lowest BCUT2D eigenvalue weighted by Crippen LogP contribution is -2.41. The number of benzene rings is 4. The number of carbonyl (C=O) groups excluding carboxylic acids is 1. The van der Waals surface area contributed by atoms with E-state index < -0.39 is 18.1 Å². The van der Waals surface area contributed by atoms with Crippen LogP contribution in [-0.2, 0) is 22.6 Å². The van der Waals surface area contributed by atoms with Gasteiger partial charge in [0.25, 0.3) is 0 Å². The summed E-state index contributed by atoms with van der Waals surface area (Å²) in [6.07, 6.45) is 1.12. The fourth-order valence-corrected chi connectivity index (χ4v) is 5.62. The summed E-state index contributed by atoms with van der Waals surface area (Å²) in [6.45, 7) is 2.60. The van der Waals surface area contributed by atoms with Crippen LogP contribution in [0.5, 0.6) is 0 Å². The van der Waals surface area contributed by atoms with Crippen LogP contribution in [0.3, 0.4) is 0 Å². The van der Waals surface area contributed by atoms with Gasteiger partial charge in [0.2, 0.25) is 0 Å². The summed E-state index contributed by atoms with van der Waals surface area (Å²) in [5.74, 6) is -1.12. The summed E-state index contributed by atoms with van der Waals surface area (Å²) in [4.78, 5) is 27.0. The maximum Gasteiger partial charge on any atom is 0.407 e. The van der Waals surface area contributed by atoms with E-state index in [9.17, 15) is 14.7 Å². The van der Waals surface area contributed by atoms with E-state index in [2.05, 4.69) is 58.7 Å². The van der Waals surface area contributed by atoms with Crippen molar-refractivity contribution in [1.82, 2.24) is 10.2 Å². The van der Waals surface area contributed by atoms with Crippen LogP contribution in [0.2, 0.25) is 0 Å². The zero-order valence-electron chi connectivity index (χ0n) is 23.1. The van der Waals surface area contributed by atoms with Crippen LogP contribution in [0.15, 0.2) is 109 Å². The highest BCUT2D eigenvalue weighted by Crippen LogP contribution is 2.44. The van der Waals surface area contributed by atoms with Crippen molar-refractivity contribution in [2.24, 2.45) is 0 Å². The van der Waals surface area contributed by atoms with Gasteiger partial charge in [0.15, 0.2) is 0 Å². The summed E-state index contributed by atoms with van der Waals surface area (Å²) in [7, 11) is 0. The number of nitrogens with zero attached hydrogens (tertiary/aromatic N) is 1. The average molecular weight is 549 g/mol. The van der Waals surface area contributed by atoms with E-state index in [4.69, 9.17) is 4.74 Å². The number of carbonyl (C=O) groups is 2. The Kier molecular flexibility index (Phi) is 9.45. The van der Waals surface area contributed by atoms with Gasteiger partial charge in [-0.1, -0.05) is 109 Å². The number of rotatable bonds is 13. The highest BCUT2D eigenvalue weighted by Gasteiger charge is 2.29. The molecule has 0 aliphatic heterocycles. The lowest BCUT2D eigenvalue weighted by molar-refractivity contribution is -0.139. The van der Waals surface area contributed by atoms with Crippen molar-refractivity contribution in [1.29, 1.82) is 0 Å². The first-order chi connectivity index (χ1) is 20.1. The molecule has 0 spiro atoms. The molecule has 4 aromatic rings. The Morgan fingerprint density at radius 1 is 0.732 bits per heavy atom. The smallest absolute Gasteiger partial charge is 0.407 e. The molecule has 0 unspecified atom stereocenters. The molecule has 4 aromatic carbocycles. The molecule has 0 saturated heterocycles. The molecule has 0 saturated carbocycles. The molecule has 1 aliphatic carbocycles. The third-order valence-corrected chi connectivity index (χ3v) is 7.65. The molecule has 210 valence electrons. The van der Waals surface area contributed by atoms with Gasteiger partial charge in [-0.25, -0.2) is 9.59 Å². The van der Waals surface area contributed by atoms with Gasteiger partial charge < -0.3 is 15.2 Å². The fourth-order valence-electron chi connectivity index (χ4n) is 5.62. The molecule has 6 heteroatoms. The molecular formula is C35H36N2O4. The van der Waals surface area contributed by atoms with Crippen molar-refractivity contribution in [3.05, 3.63) is 131 Å². The minimum atomic E-state index is -1.05. The summed E-state index contributed by atoms with van der Waals surface area (Å²) in [5.41, 5.74) is 7.01. The number of carboxylic acid groups (broad SMARTS) is 1. The van der Waals surface area contributed by atoms with Gasteiger partial charge in [-0.15, -0.1) is 0 Å². The van der Waals surface area contributed by atoms with Gasteiger partial charge >= 0.3 is 12.1 Å². The molecule has 0 fully saturated rings. The first-order valence-electron chi connectivity index (χ1n) is 14.2. The summed E-state index contributed by atoms with van der Waals surface area (Å²) in [6, 6.07) is 35.9. The SMILES string of the molecule is O=C(N[C@@H](CCCCN(Cc1ccccc1)Cc1ccccc1)C(=O)O)OCC1c2ccccc2-c2ccccc21. The lowest BCUT2D eigenvalue weighted by Gasteiger charge is -2.23. The van der Waals surface area contributed by atoms with E-state index in [1.165, 1.54) is 11.1 Å². The van der Waals surface area contributed by atoms with Crippen LogP contribution in [-0.4, -0.2) is 41.3 Å². The van der Waals surface area contributed by atoms with E-state index >= 15 is 0 Å². The number of aliphatic carboxylic acids is 1. The molecule has 1 amide bonds. The van der Waals surface area contributed by atoms with E-state index in [0.29, 0.717) is 12.8 Å². The number of amides is 1. The highest BCUT2D eigenvalue weighted by molar-refractivity contribution is 5.81. The number of hydrogen-bond donors (Lipinski definition) is 2. The second-order valence-corrected chi connectivity index (χ2v) is 10.5. The minimum absolute atomic E-state index is 0.0726. The average Bonchev–Trinajstić information content (AvgIpc) is 3.32. The molecule has 1 aliphatic rings. The van der Waals surface area contributed by atoms with Crippen LogP contribution in [0.4, 0.5) is 4.79 Å². The second-order valence-electron chi connectivity index (χ2n) is 10.5. The number of nitrogens with one attached hydrogen (secondary N) is 1. The number of ether oxygens (including phenoxy) is 1. The Balaban J connectivity index is 1.12. The van der Waals surface area contributed by atoms with E-state index in [1.807, 2.05) is 60.7 Å². The standard InChI is InChI=1S/C35H36N2O4/c38-34(39)33(21-11-12-22-37(23-26-13-3-1-4-14-26)24-27-15-5-2-6-16-27)36-35(40)41-25-32-30-19-9-7-17-28(30)29-18-8-10-20-31(29)32/h1-10,13-20,32-33H,11-12,21-25H2,(H,36,40)(H,38,39)/t33-/m0/s1. The fraction of sp³-hybridized carbons (Fsp3) is 0.257. The Hall–Kier alpha value is -4.42. The van der Waals surface area contributed by atoms with E-state index in [-0.39, 0.29) is 12.5 Å². The maximum atomic E-state index is 12.7. The van der Waals surface area contributed by atoms with Crippen molar-refractivity contribution in [3.63, 3.8) is 0 Å². The summed E-state index contributed by atoms with van der Waals surface area (Å²) in [5, 5.41) is 12.4. The van der Waals surface area contributed by atoms with Crippen LogP contribution >= 0.6 is 0 Å². The van der Waals surface area contributed by atoms with Crippen molar-refractivity contribution < 1.29 is 19.4 Å². The molecule has 0 radical (unpaired) electrons. The Labute approximate surface area is 241 Å². The van der Waals surface area contributed by atoms with Gasteiger partial charge in [-0.05, 0) is 59.2 Å². The Bertz CT molecular complexity index is 1350. The van der Waals surface area contributed by atoms with E-state index in [1.54, 1.807) is 0 Å². The summed E-state index contributed by atoms with van der Waals surface area (Å²) < 4.78 is 5.58. The second kappa shape index (κ2) is 13.8. The van der Waals surface area contributed by atoms with Crippen molar-refractivity contribution >= 4 is 12.1 Å². The molecule has 1 atom stereocenters. The highest BCUT2D eigenvalue weighted by atomic mass is 16.5. The molecule has 0 bridgehead atoms. The maximum absolute atomic E-state index is 12.7. The van der Waals surface area contributed by atoms with Gasteiger partial charge in [0.05, 0.1) is 0 Å². The third-order valence-electron chi connectivity index (χ3n) is 7.65. The van der Waals surface area contributed by atoms with Gasteiger partial charge in [0, 0.05) is 19.0 Å². The van der Waals surface area contributed by atoms with Gasteiger partial charge in [-0.3, -0.25) is 4.90 Å². The number of hydrogen-bond acceptors (Lipinski definition) is 4.